The number of nitrogens with zero attached hydrogens (tertiary/aromatic N) is 1. The zero-order chi connectivity index (χ0) is 16.7. The van der Waals surface area contributed by atoms with Crippen LogP contribution in [-0.4, -0.2) is 18.2 Å². The first-order chi connectivity index (χ1) is 11.1. The van der Waals surface area contributed by atoms with Gasteiger partial charge in [0.2, 0.25) is 0 Å². The number of ether oxygens (including phenoxy) is 1. The lowest BCUT2D eigenvalue weighted by Gasteiger charge is -2.09. The maximum Gasteiger partial charge on any atom is 0.275 e. The lowest BCUT2D eigenvalue weighted by atomic mass is 10.1. The van der Waals surface area contributed by atoms with Crippen LogP contribution in [-0.2, 0) is 0 Å². The predicted octanol–water partition coefficient (Wildman–Crippen LogP) is 2.99. The highest BCUT2D eigenvalue weighted by atomic mass is 16.5. The molecule has 0 aromatic heterocycles. The summed E-state index contributed by atoms with van der Waals surface area (Å²) in [5.41, 5.74) is 10.9. The lowest BCUT2D eigenvalue weighted by molar-refractivity contribution is 0.0951. The first-order valence-corrected chi connectivity index (χ1v) is 7.15. The topological polar surface area (TPSA) is 76.7 Å². The van der Waals surface area contributed by atoms with Crippen molar-refractivity contribution in [1.82, 2.24) is 5.43 Å². The summed E-state index contributed by atoms with van der Waals surface area (Å²) >= 11 is 0. The van der Waals surface area contributed by atoms with Crippen LogP contribution in [0.1, 0.15) is 22.8 Å². The molecule has 0 saturated carbocycles. The highest BCUT2D eigenvalue weighted by molar-refractivity contribution is 6.01. The molecule has 0 bridgehead atoms. The van der Waals surface area contributed by atoms with Gasteiger partial charge < -0.3 is 10.5 Å². The molecule has 2 aromatic rings. The lowest BCUT2D eigenvalue weighted by Crippen LogP contribution is -2.20. The summed E-state index contributed by atoms with van der Waals surface area (Å²) in [6.07, 6.45) is 1.62. The van der Waals surface area contributed by atoms with Gasteiger partial charge in [-0.05, 0) is 36.8 Å². The van der Waals surface area contributed by atoms with Gasteiger partial charge in [0.1, 0.15) is 12.4 Å². The van der Waals surface area contributed by atoms with Crippen molar-refractivity contribution in [2.45, 2.75) is 6.92 Å². The minimum Gasteiger partial charge on any atom is -0.489 e. The van der Waals surface area contributed by atoms with Crippen LogP contribution in [0.5, 0.6) is 5.75 Å². The molecule has 118 valence electrons. The Morgan fingerprint density at radius 1 is 1.26 bits per heavy atom. The van der Waals surface area contributed by atoms with Gasteiger partial charge >= 0.3 is 0 Å². The minimum atomic E-state index is -0.334. The van der Waals surface area contributed by atoms with Gasteiger partial charge in [-0.3, -0.25) is 4.79 Å². The number of rotatable bonds is 6. The Balaban J connectivity index is 2.11. The SMILES string of the molecule is C=CCOc1ccccc1C(=O)N/N=C(\C)c1ccc(N)cc1. The standard InChI is InChI=1S/C18H19N3O2/c1-3-12-23-17-7-5-4-6-16(17)18(22)21-20-13(2)14-8-10-15(19)11-9-14/h3-11H,1,12,19H2,2H3,(H,21,22)/b20-13+. The molecule has 3 N–H and O–H groups in total. The third kappa shape index (κ3) is 4.44. The number of carbonyl (C=O) groups is 1. The second-order valence-corrected chi connectivity index (χ2v) is 4.86. The summed E-state index contributed by atoms with van der Waals surface area (Å²) in [6, 6.07) is 14.3. The average Bonchev–Trinajstić information content (AvgIpc) is 2.58. The van der Waals surface area contributed by atoms with E-state index in [1.54, 1.807) is 42.5 Å². The predicted molar refractivity (Wildman–Crippen MR) is 92.7 cm³/mol. The van der Waals surface area contributed by atoms with E-state index in [2.05, 4.69) is 17.1 Å². The van der Waals surface area contributed by atoms with E-state index in [4.69, 9.17) is 10.5 Å². The summed E-state index contributed by atoms with van der Waals surface area (Å²) in [5, 5.41) is 4.12. The molecule has 0 fully saturated rings. The zero-order valence-electron chi connectivity index (χ0n) is 13.0. The molecular weight excluding hydrogens is 290 g/mol. The van der Waals surface area contributed by atoms with Crippen molar-refractivity contribution in [2.24, 2.45) is 5.10 Å². The van der Waals surface area contributed by atoms with Gasteiger partial charge in [-0.15, -0.1) is 0 Å². The molecule has 0 saturated heterocycles. The number of para-hydroxylation sites is 1. The first-order valence-electron chi connectivity index (χ1n) is 7.15. The van der Waals surface area contributed by atoms with E-state index >= 15 is 0 Å². The van der Waals surface area contributed by atoms with Gasteiger partial charge in [0.25, 0.3) is 5.91 Å². The van der Waals surface area contributed by atoms with E-state index in [1.807, 2.05) is 19.1 Å². The summed E-state index contributed by atoms with van der Waals surface area (Å²) in [6.45, 7) is 5.74. The van der Waals surface area contributed by atoms with E-state index in [0.29, 0.717) is 29.3 Å². The summed E-state index contributed by atoms with van der Waals surface area (Å²) in [4.78, 5) is 12.3. The smallest absolute Gasteiger partial charge is 0.275 e. The van der Waals surface area contributed by atoms with Gasteiger partial charge in [-0.25, -0.2) is 5.43 Å². The number of carbonyl (C=O) groups excluding carboxylic acids is 1. The number of benzene rings is 2. The largest absolute Gasteiger partial charge is 0.489 e. The van der Waals surface area contributed by atoms with Crippen LogP contribution < -0.4 is 15.9 Å². The maximum atomic E-state index is 12.3. The Morgan fingerprint density at radius 3 is 2.65 bits per heavy atom. The van der Waals surface area contributed by atoms with Crippen molar-refractivity contribution in [3.05, 3.63) is 72.3 Å². The Bertz CT molecular complexity index is 721. The molecule has 1 amide bonds. The van der Waals surface area contributed by atoms with Crippen LogP contribution in [0.3, 0.4) is 0 Å². The normalized spacial score (nSPS) is 10.9. The highest BCUT2D eigenvalue weighted by Gasteiger charge is 2.11. The van der Waals surface area contributed by atoms with Gasteiger partial charge in [0.05, 0.1) is 11.3 Å². The monoisotopic (exact) mass is 309 g/mol. The minimum absolute atomic E-state index is 0.331. The molecule has 5 nitrogen and oxygen atoms in total. The molecule has 0 spiro atoms. The van der Waals surface area contributed by atoms with Crippen LogP contribution in [0.2, 0.25) is 0 Å². The summed E-state index contributed by atoms with van der Waals surface area (Å²) < 4.78 is 5.47. The number of nitrogens with two attached hydrogens (primary N) is 1. The van der Waals surface area contributed by atoms with Crippen molar-refractivity contribution in [3.8, 4) is 5.75 Å². The second-order valence-electron chi connectivity index (χ2n) is 4.86. The van der Waals surface area contributed by atoms with Crippen LogP contribution in [0.4, 0.5) is 5.69 Å². The fraction of sp³-hybridized carbons (Fsp3) is 0.111. The van der Waals surface area contributed by atoms with Crippen molar-refractivity contribution >= 4 is 17.3 Å². The molecule has 0 aliphatic heterocycles. The van der Waals surface area contributed by atoms with E-state index in [0.717, 1.165) is 5.56 Å². The Hall–Kier alpha value is -3.08. The summed E-state index contributed by atoms with van der Waals surface area (Å²) in [7, 11) is 0. The van der Waals surface area contributed by atoms with Gasteiger partial charge in [-0.2, -0.15) is 5.10 Å². The molecule has 0 unspecified atom stereocenters. The van der Waals surface area contributed by atoms with Crippen molar-refractivity contribution in [2.75, 3.05) is 12.3 Å². The van der Waals surface area contributed by atoms with Crippen molar-refractivity contribution in [1.29, 1.82) is 0 Å². The average molecular weight is 309 g/mol. The van der Waals surface area contributed by atoms with E-state index < -0.39 is 0 Å². The van der Waals surface area contributed by atoms with Crippen LogP contribution in [0.25, 0.3) is 0 Å². The first kappa shape index (κ1) is 16.3. The van der Waals surface area contributed by atoms with E-state index in [1.165, 1.54) is 0 Å². The van der Waals surface area contributed by atoms with Crippen LogP contribution in [0, 0.1) is 0 Å². The van der Waals surface area contributed by atoms with Gasteiger partial charge in [0.15, 0.2) is 0 Å². The highest BCUT2D eigenvalue weighted by Crippen LogP contribution is 2.17. The fourth-order valence-corrected chi connectivity index (χ4v) is 1.91. The maximum absolute atomic E-state index is 12.3. The van der Waals surface area contributed by atoms with Crippen LogP contribution >= 0.6 is 0 Å². The molecule has 0 aliphatic rings. The number of nitrogens with one attached hydrogen (secondary N) is 1. The third-order valence-electron chi connectivity index (χ3n) is 3.14. The third-order valence-corrected chi connectivity index (χ3v) is 3.14. The number of nitrogen functional groups attached to an aromatic ring is 1. The number of anilines is 1. The second kappa shape index (κ2) is 7.79. The van der Waals surface area contributed by atoms with Crippen LogP contribution in [0.15, 0.2) is 66.3 Å². The quantitative estimate of drug-likeness (QED) is 0.373. The molecule has 2 aromatic carbocycles. The van der Waals surface area contributed by atoms with Crippen molar-refractivity contribution in [3.63, 3.8) is 0 Å². The Labute approximate surface area is 135 Å². The molecule has 0 heterocycles. The fourth-order valence-electron chi connectivity index (χ4n) is 1.91. The molecule has 2 rings (SSSR count). The summed E-state index contributed by atoms with van der Waals surface area (Å²) in [5.74, 6) is 0.157. The molecule has 0 radical (unpaired) electrons. The molecule has 0 aliphatic carbocycles. The Morgan fingerprint density at radius 2 is 1.96 bits per heavy atom. The molecule has 5 heteroatoms. The molecular formula is C18H19N3O2. The van der Waals surface area contributed by atoms with Crippen molar-refractivity contribution < 1.29 is 9.53 Å². The zero-order valence-corrected chi connectivity index (χ0v) is 13.0. The number of hydrazone groups is 1. The van der Waals surface area contributed by atoms with Gasteiger partial charge in [-0.1, -0.05) is 36.9 Å². The number of hydrogen-bond donors (Lipinski definition) is 2. The molecule has 0 atom stereocenters. The molecule has 23 heavy (non-hydrogen) atoms. The number of hydrogen-bond acceptors (Lipinski definition) is 4. The van der Waals surface area contributed by atoms with Gasteiger partial charge in [0, 0.05) is 5.69 Å². The van der Waals surface area contributed by atoms with E-state index in [9.17, 15) is 4.79 Å². The Kier molecular flexibility index (Phi) is 5.52. The number of amides is 1. The van der Waals surface area contributed by atoms with E-state index in [-0.39, 0.29) is 5.91 Å².